The van der Waals surface area contributed by atoms with Crippen LogP contribution >= 0.6 is 0 Å². The predicted octanol–water partition coefficient (Wildman–Crippen LogP) is 2.35. The minimum absolute atomic E-state index is 0.343. The molecule has 1 aliphatic rings. The van der Waals surface area contributed by atoms with Crippen LogP contribution in [0.4, 0.5) is 0 Å². The zero-order chi connectivity index (χ0) is 13.0. The first-order chi connectivity index (χ1) is 8.69. The lowest BCUT2D eigenvalue weighted by Crippen LogP contribution is -2.54. The van der Waals surface area contributed by atoms with E-state index in [0.29, 0.717) is 17.8 Å². The molecule has 0 spiro atoms. The topological polar surface area (TPSA) is 35.5 Å². The van der Waals surface area contributed by atoms with Gasteiger partial charge in [-0.25, -0.2) is 0 Å². The predicted molar refractivity (Wildman–Crippen MR) is 74.7 cm³/mol. The smallest absolute Gasteiger partial charge is 0.115 e. The molecular weight excluding hydrogens is 224 g/mol. The Labute approximate surface area is 110 Å². The van der Waals surface area contributed by atoms with Crippen LogP contribution < -0.4 is 5.32 Å². The normalized spacial score (nSPS) is 25.2. The molecule has 2 atom stereocenters. The van der Waals surface area contributed by atoms with Gasteiger partial charge in [-0.05, 0) is 31.0 Å². The molecule has 0 radical (unpaired) electrons. The molecule has 1 aromatic rings. The van der Waals surface area contributed by atoms with Gasteiger partial charge in [-0.1, -0.05) is 25.5 Å². The summed E-state index contributed by atoms with van der Waals surface area (Å²) in [6.07, 6.45) is 2.48. The van der Waals surface area contributed by atoms with Crippen LogP contribution in [0.3, 0.4) is 0 Å². The van der Waals surface area contributed by atoms with Gasteiger partial charge in [0.25, 0.3) is 0 Å². The third-order valence-electron chi connectivity index (χ3n) is 3.74. The summed E-state index contributed by atoms with van der Waals surface area (Å²) in [7, 11) is 0. The van der Waals surface area contributed by atoms with E-state index in [2.05, 4.69) is 24.1 Å². The molecule has 0 amide bonds. The first kappa shape index (κ1) is 13.4. The van der Waals surface area contributed by atoms with Crippen molar-refractivity contribution in [2.45, 2.75) is 45.3 Å². The summed E-state index contributed by atoms with van der Waals surface area (Å²) >= 11 is 0. The zero-order valence-electron chi connectivity index (χ0n) is 11.4. The Bertz CT molecular complexity index is 363. The van der Waals surface area contributed by atoms with Crippen molar-refractivity contribution in [3.63, 3.8) is 0 Å². The quantitative estimate of drug-likeness (QED) is 0.858. The zero-order valence-corrected chi connectivity index (χ0v) is 11.4. The molecule has 1 heterocycles. The second-order valence-electron chi connectivity index (χ2n) is 5.34. The molecule has 100 valence electrons. The van der Waals surface area contributed by atoms with Crippen molar-refractivity contribution < 1.29 is 5.11 Å². The van der Waals surface area contributed by atoms with Crippen molar-refractivity contribution in [3.8, 4) is 5.75 Å². The number of hydrogen-bond acceptors (Lipinski definition) is 3. The number of hydrogen-bond donors (Lipinski definition) is 2. The lowest BCUT2D eigenvalue weighted by molar-refractivity contribution is 0.129. The first-order valence-electron chi connectivity index (χ1n) is 6.94. The van der Waals surface area contributed by atoms with Gasteiger partial charge < -0.3 is 10.4 Å². The highest BCUT2D eigenvalue weighted by Gasteiger charge is 2.24. The molecule has 0 saturated carbocycles. The van der Waals surface area contributed by atoms with Gasteiger partial charge in [0.05, 0.1) is 0 Å². The van der Waals surface area contributed by atoms with Crippen molar-refractivity contribution in [1.29, 1.82) is 0 Å². The van der Waals surface area contributed by atoms with Crippen molar-refractivity contribution in [2.75, 3.05) is 13.1 Å². The fourth-order valence-corrected chi connectivity index (χ4v) is 2.59. The Morgan fingerprint density at radius 1 is 1.33 bits per heavy atom. The van der Waals surface area contributed by atoms with Crippen LogP contribution in [0.5, 0.6) is 5.75 Å². The molecule has 1 fully saturated rings. The Balaban J connectivity index is 1.95. The summed E-state index contributed by atoms with van der Waals surface area (Å²) in [4.78, 5) is 2.53. The van der Waals surface area contributed by atoms with Gasteiger partial charge in [0.2, 0.25) is 0 Å². The third kappa shape index (κ3) is 3.47. The molecule has 0 aliphatic carbocycles. The second kappa shape index (κ2) is 6.21. The number of piperazine rings is 1. The molecule has 3 nitrogen and oxygen atoms in total. The van der Waals surface area contributed by atoms with Crippen LogP contribution in [-0.2, 0) is 6.54 Å². The highest BCUT2D eigenvalue weighted by atomic mass is 16.3. The minimum atomic E-state index is 0.343. The van der Waals surface area contributed by atoms with Gasteiger partial charge in [-0.3, -0.25) is 4.90 Å². The van der Waals surface area contributed by atoms with Crippen LogP contribution in [0.1, 0.15) is 32.3 Å². The molecule has 2 unspecified atom stereocenters. The lowest BCUT2D eigenvalue weighted by Gasteiger charge is -2.39. The number of benzene rings is 1. The van der Waals surface area contributed by atoms with Crippen molar-refractivity contribution in [1.82, 2.24) is 10.2 Å². The minimum Gasteiger partial charge on any atom is -0.508 e. The Kier molecular flexibility index (Phi) is 4.61. The van der Waals surface area contributed by atoms with E-state index in [9.17, 15) is 5.11 Å². The SMILES string of the molecule is CCCC1CN(Cc2ccc(O)cc2)C(C)CN1. The molecule has 1 aliphatic heterocycles. The summed E-state index contributed by atoms with van der Waals surface area (Å²) in [5, 5.41) is 12.9. The number of aromatic hydroxyl groups is 1. The molecule has 0 bridgehead atoms. The summed E-state index contributed by atoms with van der Waals surface area (Å²) in [5.74, 6) is 0.343. The third-order valence-corrected chi connectivity index (χ3v) is 3.74. The summed E-state index contributed by atoms with van der Waals surface area (Å²) in [6, 6.07) is 8.77. The Morgan fingerprint density at radius 3 is 2.72 bits per heavy atom. The van der Waals surface area contributed by atoms with E-state index >= 15 is 0 Å². The van der Waals surface area contributed by atoms with E-state index < -0.39 is 0 Å². The average molecular weight is 248 g/mol. The lowest BCUT2D eigenvalue weighted by atomic mass is 10.0. The number of phenolic OH excluding ortho intramolecular Hbond substituents is 1. The van der Waals surface area contributed by atoms with Crippen molar-refractivity contribution in [2.24, 2.45) is 0 Å². The van der Waals surface area contributed by atoms with Gasteiger partial charge in [0.15, 0.2) is 0 Å². The monoisotopic (exact) mass is 248 g/mol. The van der Waals surface area contributed by atoms with E-state index in [1.54, 1.807) is 12.1 Å². The van der Waals surface area contributed by atoms with Crippen LogP contribution in [-0.4, -0.2) is 35.2 Å². The van der Waals surface area contributed by atoms with E-state index in [0.717, 1.165) is 19.6 Å². The first-order valence-corrected chi connectivity index (χ1v) is 6.94. The fraction of sp³-hybridized carbons (Fsp3) is 0.600. The molecule has 1 saturated heterocycles. The van der Waals surface area contributed by atoms with Crippen LogP contribution in [0.25, 0.3) is 0 Å². The largest absolute Gasteiger partial charge is 0.508 e. The molecule has 2 N–H and O–H groups in total. The van der Waals surface area contributed by atoms with Gasteiger partial charge in [0, 0.05) is 31.7 Å². The van der Waals surface area contributed by atoms with Crippen LogP contribution in [0, 0.1) is 0 Å². The number of nitrogens with zero attached hydrogens (tertiary/aromatic N) is 1. The molecule has 0 aromatic heterocycles. The van der Waals surface area contributed by atoms with E-state index in [1.807, 2.05) is 12.1 Å². The summed E-state index contributed by atoms with van der Waals surface area (Å²) in [6.45, 7) is 7.68. The Morgan fingerprint density at radius 2 is 2.06 bits per heavy atom. The van der Waals surface area contributed by atoms with Crippen molar-refractivity contribution in [3.05, 3.63) is 29.8 Å². The maximum absolute atomic E-state index is 9.30. The maximum Gasteiger partial charge on any atom is 0.115 e. The second-order valence-corrected chi connectivity index (χ2v) is 5.34. The number of nitrogens with one attached hydrogen (secondary N) is 1. The Hall–Kier alpha value is -1.06. The highest BCUT2D eigenvalue weighted by molar-refractivity contribution is 5.25. The standard InChI is InChI=1S/C15H24N2O/c1-3-4-14-11-17(12(2)9-16-14)10-13-5-7-15(18)8-6-13/h5-8,12,14,16,18H,3-4,9-11H2,1-2H3. The molecule has 1 aromatic carbocycles. The van der Waals surface area contributed by atoms with Gasteiger partial charge >= 0.3 is 0 Å². The number of phenols is 1. The maximum atomic E-state index is 9.30. The molecule has 2 rings (SSSR count). The van der Waals surface area contributed by atoms with E-state index in [1.165, 1.54) is 18.4 Å². The summed E-state index contributed by atoms with van der Waals surface area (Å²) in [5.41, 5.74) is 1.27. The molecular formula is C15H24N2O. The van der Waals surface area contributed by atoms with Gasteiger partial charge in [0.1, 0.15) is 5.75 Å². The highest BCUT2D eigenvalue weighted by Crippen LogP contribution is 2.16. The van der Waals surface area contributed by atoms with Gasteiger partial charge in [-0.2, -0.15) is 0 Å². The van der Waals surface area contributed by atoms with Crippen LogP contribution in [0.15, 0.2) is 24.3 Å². The molecule has 18 heavy (non-hydrogen) atoms. The average Bonchev–Trinajstić information content (AvgIpc) is 2.36. The number of rotatable bonds is 4. The summed E-state index contributed by atoms with van der Waals surface area (Å²) < 4.78 is 0. The van der Waals surface area contributed by atoms with E-state index in [-0.39, 0.29) is 0 Å². The van der Waals surface area contributed by atoms with Crippen molar-refractivity contribution >= 4 is 0 Å². The van der Waals surface area contributed by atoms with Gasteiger partial charge in [-0.15, -0.1) is 0 Å². The van der Waals surface area contributed by atoms with E-state index in [4.69, 9.17) is 0 Å². The molecule has 3 heteroatoms. The fourth-order valence-electron chi connectivity index (χ4n) is 2.59. The van der Waals surface area contributed by atoms with Crippen LogP contribution in [0.2, 0.25) is 0 Å².